The monoisotopic (exact) mass is 313 g/mol. The normalized spacial score (nSPS) is 19.7. The predicted octanol–water partition coefficient (Wildman–Crippen LogP) is -0.112. The molecule has 1 aliphatic rings. The lowest BCUT2D eigenvalue weighted by atomic mass is 9.98. The van der Waals surface area contributed by atoms with Gasteiger partial charge in [-0.25, -0.2) is 0 Å². The average Bonchev–Trinajstić information content (AvgIpc) is 2.51. The summed E-state index contributed by atoms with van der Waals surface area (Å²) in [6.45, 7) is 6.66. The molecule has 0 aromatic carbocycles. The molecule has 22 heavy (non-hydrogen) atoms. The Bertz CT molecular complexity index is 412. The van der Waals surface area contributed by atoms with E-state index in [9.17, 15) is 14.4 Å². The number of carbonyl (C=O) groups excluding carboxylic acids is 3. The molecule has 0 aliphatic carbocycles. The van der Waals surface area contributed by atoms with E-state index in [1.165, 1.54) is 0 Å². The Labute approximate surface area is 131 Å². The standard InChI is InChI=1S/C15H27N3O4/c1-4-22-15(21)11-6-5-7-18(9-11)12(19)8-17-14(20)13(16)10(2)3/h10-11,13H,4-9,16H2,1-3H3,(H,17,20)/t11?,13-/m0/s1. The van der Waals surface area contributed by atoms with Crippen LogP contribution in [0, 0.1) is 11.8 Å². The maximum absolute atomic E-state index is 12.1. The minimum atomic E-state index is -0.624. The molecule has 1 fully saturated rings. The smallest absolute Gasteiger partial charge is 0.310 e. The number of hydrogen-bond acceptors (Lipinski definition) is 5. The lowest BCUT2D eigenvalue weighted by Gasteiger charge is -2.31. The minimum absolute atomic E-state index is 0.0123. The largest absolute Gasteiger partial charge is 0.466 e. The molecule has 7 nitrogen and oxygen atoms in total. The van der Waals surface area contributed by atoms with E-state index in [-0.39, 0.29) is 36.2 Å². The molecule has 1 unspecified atom stereocenters. The van der Waals surface area contributed by atoms with Crippen LogP contribution in [-0.2, 0) is 19.1 Å². The number of amides is 2. The SMILES string of the molecule is CCOC(=O)C1CCCN(C(=O)CNC(=O)[C@@H](N)C(C)C)C1. The number of nitrogens with two attached hydrogens (primary N) is 1. The number of rotatable bonds is 6. The molecule has 1 saturated heterocycles. The van der Waals surface area contributed by atoms with E-state index in [0.29, 0.717) is 19.7 Å². The van der Waals surface area contributed by atoms with Crippen molar-refractivity contribution in [2.45, 2.75) is 39.7 Å². The molecule has 3 N–H and O–H groups in total. The second-order valence-corrected chi connectivity index (χ2v) is 5.92. The molecule has 0 saturated carbocycles. The van der Waals surface area contributed by atoms with E-state index in [1.54, 1.807) is 11.8 Å². The van der Waals surface area contributed by atoms with Gasteiger partial charge in [0, 0.05) is 13.1 Å². The quantitative estimate of drug-likeness (QED) is 0.666. The fraction of sp³-hybridized carbons (Fsp3) is 0.800. The lowest BCUT2D eigenvalue weighted by Crippen LogP contribution is -2.50. The first-order chi connectivity index (χ1) is 10.4. The summed E-state index contributed by atoms with van der Waals surface area (Å²) in [6.07, 6.45) is 1.49. The Morgan fingerprint density at radius 3 is 2.64 bits per heavy atom. The first kappa shape index (κ1) is 18.4. The zero-order valence-corrected chi connectivity index (χ0v) is 13.6. The average molecular weight is 313 g/mol. The van der Waals surface area contributed by atoms with Gasteiger partial charge in [0.2, 0.25) is 11.8 Å². The van der Waals surface area contributed by atoms with Crippen molar-refractivity contribution in [3.05, 3.63) is 0 Å². The van der Waals surface area contributed by atoms with Crippen LogP contribution in [-0.4, -0.2) is 55.0 Å². The van der Waals surface area contributed by atoms with E-state index >= 15 is 0 Å². The number of piperidine rings is 1. The summed E-state index contributed by atoms with van der Waals surface area (Å²) in [7, 11) is 0. The molecule has 2 amide bonds. The van der Waals surface area contributed by atoms with Gasteiger partial charge in [0.25, 0.3) is 0 Å². The van der Waals surface area contributed by atoms with Crippen molar-refractivity contribution in [2.24, 2.45) is 17.6 Å². The fourth-order valence-corrected chi connectivity index (χ4v) is 2.35. The van der Waals surface area contributed by atoms with Gasteiger partial charge in [-0.3, -0.25) is 14.4 Å². The summed E-state index contributed by atoms with van der Waals surface area (Å²) in [6, 6.07) is -0.624. The molecule has 1 rings (SSSR count). The number of nitrogens with zero attached hydrogens (tertiary/aromatic N) is 1. The van der Waals surface area contributed by atoms with Crippen molar-refractivity contribution < 1.29 is 19.1 Å². The zero-order valence-electron chi connectivity index (χ0n) is 13.6. The number of hydrogen-bond donors (Lipinski definition) is 2. The maximum Gasteiger partial charge on any atom is 0.310 e. The second kappa shape index (κ2) is 8.73. The van der Waals surface area contributed by atoms with Crippen LogP contribution in [0.3, 0.4) is 0 Å². The van der Waals surface area contributed by atoms with E-state index < -0.39 is 6.04 Å². The number of likely N-dealkylation sites (tertiary alicyclic amines) is 1. The molecule has 7 heteroatoms. The summed E-state index contributed by atoms with van der Waals surface area (Å²) in [5.74, 6) is -1.05. The molecule has 2 atom stereocenters. The number of esters is 1. The van der Waals surface area contributed by atoms with Gasteiger partial charge in [0.15, 0.2) is 0 Å². The highest BCUT2D eigenvalue weighted by Gasteiger charge is 2.29. The van der Waals surface area contributed by atoms with Crippen molar-refractivity contribution in [1.29, 1.82) is 0 Å². The molecule has 0 radical (unpaired) electrons. The first-order valence-corrected chi connectivity index (χ1v) is 7.84. The second-order valence-electron chi connectivity index (χ2n) is 5.92. The van der Waals surface area contributed by atoms with E-state index in [4.69, 9.17) is 10.5 Å². The Morgan fingerprint density at radius 1 is 1.36 bits per heavy atom. The van der Waals surface area contributed by atoms with Crippen molar-refractivity contribution in [2.75, 3.05) is 26.2 Å². The molecule has 0 aromatic heterocycles. The van der Waals surface area contributed by atoms with Crippen LogP contribution in [0.1, 0.15) is 33.6 Å². The van der Waals surface area contributed by atoms with Gasteiger partial charge in [0.05, 0.1) is 25.1 Å². The van der Waals surface area contributed by atoms with Gasteiger partial charge in [-0.1, -0.05) is 13.8 Å². The van der Waals surface area contributed by atoms with Crippen molar-refractivity contribution in [3.63, 3.8) is 0 Å². The molecule has 0 spiro atoms. The first-order valence-electron chi connectivity index (χ1n) is 7.84. The molecule has 1 heterocycles. The van der Waals surface area contributed by atoms with Crippen molar-refractivity contribution in [1.82, 2.24) is 10.2 Å². The van der Waals surface area contributed by atoms with E-state index in [2.05, 4.69) is 5.32 Å². The minimum Gasteiger partial charge on any atom is -0.466 e. The van der Waals surface area contributed by atoms with Gasteiger partial charge < -0.3 is 20.7 Å². The van der Waals surface area contributed by atoms with Crippen LogP contribution in [0.2, 0.25) is 0 Å². The van der Waals surface area contributed by atoms with Crippen molar-refractivity contribution in [3.8, 4) is 0 Å². The Balaban J connectivity index is 2.45. The number of nitrogens with one attached hydrogen (secondary N) is 1. The van der Waals surface area contributed by atoms with Gasteiger partial charge in [-0.15, -0.1) is 0 Å². The number of ether oxygens (including phenoxy) is 1. The zero-order chi connectivity index (χ0) is 16.7. The molecule has 0 aromatic rings. The molecule has 126 valence electrons. The summed E-state index contributed by atoms with van der Waals surface area (Å²) < 4.78 is 5.00. The van der Waals surface area contributed by atoms with Crippen molar-refractivity contribution >= 4 is 17.8 Å². The van der Waals surface area contributed by atoms with Gasteiger partial charge in [-0.2, -0.15) is 0 Å². The third kappa shape index (κ3) is 5.29. The summed E-state index contributed by atoms with van der Waals surface area (Å²) in [4.78, 5) is 37.2. The van der Waals surface area contributed by atoms with Crippen LogP contribution >= 0.6 is 0 Å². The summed E-state index contributed by atoms with van der Waals surface area (Å²) >= 11 is 0. The molecular weight excluding hydrogens is 286 g/mol. The third-order valence-corrected chi connectivity index (χ3v) is 3.83. The predicted molar refractivity (Wildman–Crippen MR) is 81.8 cm³/mol. The molecule has 1 aliphatic heterocycles. The highest BCUT2D eigenvalue weighted by Crippen LogP contribution is 2.17. The van der Waals surface area contributed by atoms with Crippen LogP contribution in [0.4, 0.5) is 0 Å². The fourth-order valence-electron chi connectivity index (χ4n) is 2.35. The topological polar surface area (TPSA) is 102 Å². The van der Waals surface area contributed by atoms with Gasteiger partial charge >= 0.3 is 5.97 Å². The highest BCUT2D eigenvalue weighted by molar-refractivity contribution is 5.87. The van der Waals surface area contributed by atoms with Crippen LogP contribution in [0.15, 0.2) is 0 Å². The van der Waals surface area contributed by atoms with Gasteiger partial charge in [-0.05, 0) is 25.7 Å². The van der Waals surface area contributed by atoms with Crippen LogP contribution in [0.5, 0.6) is 0 Å². The maximum atomic E-state index is 12.1. The highest BCUT2D eigenvalue weighted by atomic mass is 16.5. The number of carbonyl (C=O) groups is 3. The summed E-state index contributed by atoms with van der Waals surface area (Å²) in [5, 5.41) is 2.56. The lowest BCUT2D eigenvalue weighted by molar-refractivity contribution is -0.151. The Morgan fingerprint density at radius 2 is 2.05 bits per heavy atom. The summed E-state index contributed by atoms with van der Waals surface area (Å²) in [5.41, 5.74) is 5.72. The third-order valence-electron chi connectivity index (χ3n) is 3.83. The van der Waals surface area contributed by atoms with E-state index in [0.717, 1.165) is 12.8 Å². The van der Waals surface area contributed by atoms with Crippen LogP contribution in [0.25, 0.3) is 0 Å². The van der Waals surface area contributed by atoms with E-state index in [1.807, 2.05) is 13.8 Å². The van der Waals surface area contributed by atoms with Gasteiger partial charge in [0.1, 0.15) is 0 Å². The Kier molecular flexibility index (Phi) is 7.31. The van der Waals surface area contributed by atoms with Crippen LogP contribution < -0.4 is 11.1 Å². The molecule has 0 bridgehead atoms. The molecular formula is C15H27N3O4. The Hall–Kier alpha value is -1.63.